The lowest BCUT2D eigenvalue weighted by Gasteiger charge is -2.16. The summed E-state index contributed by atoms with van der Waals surface area (Å²) in [5.74, 6) is 1.53. The van der Waals surface area contributed by atoms with Gasteiger partial charge in [-0.15, -0.1) is 0 Å². The summed E-state index contributed by atoms with van der Waals surface area (Å²) < 4.78 is 90.3. The Labute approximate surface area is 420 Å². The highest BCUT2D eigenvalue weighted by Gasteiger charge is 2.26. The topological polar surface area (TPSA) is 190 Å². The SMILES string of the molecule is CC.CC.CC.COP(C)(C)=O.COP(C)(C)=O.CO[P+](C)(C)O.CP(C)(=O)Oc1cc(OP(C)(C)=O)cc(O[P+](C)(C)O)c1.CP(C)(=O)Oc1ccccc1.c1ccc(Cc2ccccc2)cc1. The van der Waals surface area contributed by atoms with Gasteiger partial charge in [0.1, 0.15) is 43.9 Å². The highest BCUT2D eigenvalue weighted by Crippen LogP contribution is 2.51. The molecule has 0 unspecified atom stereocenters. The van der Waals surface area contributed by atoms with E-state index < -0.39 is 52.3 Å². The Morgan fingerprint density at radius 2 is 0.623 bits per heavy atom. The molecule has 4 aromatic carbocycles. The van der Waals surface area contributed by atoms with Crippen LogP contribution in [0, 0.1) is 0 Å². The van der Waals surface area contributed by atoms with Gasteiger partial charge in [0.05, 0.1) is 7.11 Å². The minimum absolute atomic E-state index is 0.276. The van der Waals surface area contributed by atoms with Gasteiger partial charge in [-0.25, -0.2) is 14.3 Å². The van der Waals surface area contributed by atoms with E-state index in [2.05, 4.69) is 74.2 Å². The van der Waals surface area contributed by atoms with Gasteiger partial charge in [-0.1, -0.05) is 120 Å². The van der Waals surface area contributed by atoms with Gasteiger partial charge in [-0.05, 0) is 29.7 Å². The average molecular weight is 1110 g/mol. The van der Waals surface area contributed by atoms with Crippen LogP contribution < -0.4 is 18.1 Å². The van der Waals surface area contributed by atoms with E-state index in [0.717, 1.165) is 6.42 Å². The van der Waals surface area contributed by atoms with Crippen LogP contribution in [-0.2, 0) is 42.8 Å². The molecular weight excluding hydrogens is 1020 g/mol. The fourth-order valence-electron chi connectivity index (χ4n) is 3.63. The molecule has 0 aliphatic rings. The fourth-order valence-corrected chi connectivity index (χ4v) is 6.11. The van der Waals surface area contributed by atoms with Crippen molar-refractivity contribution in [2.24, 2.45) is 0 Å². The summed E-state index contributed by atoms with van der Waals surface area (Å²) in [6.07, 6.45) is 1.03. The van der Waals surface area contributed by atoms with Crippen molar-refractivity contribution in [1.82, 2.24) is 0 Å². The number of hydrogen-bond acceptors (Lipinski definition) is 14. The summed E-state index contributed by atoms with van der Waals surface area (Å²) in [4.78, 5) is 18.5. The molecule has 0 fully saturated rings. The summed E-state index contributed by atoms with van der Waals surface area (Å²) in [5, 5.41) is 0. The second kappa shape index (κ2) is 39.4. The van der Waals surface area contributed by atoms with Crippen LogP contribution in [0.5, 0.6) is 23.0 Å². The first-order valence-corrected chi connectivity index (χ1v) is 39.8. The van der Waals surface area contributed by atoms with Gasteiger partial charge in [0.25, 0.3) is 7.72 Å². The van der Waals surface area contributed by atoms with E-state index in [4.69, 9.17) is 23.0 Å². The first-order chi connectivity index (χ1) is 31.4. The predicted molar refractivity (Wildman–Crippen MR) is 305 cm³/mol. The molecule has 0 aliphatic heterocycles. The molecule has 4 aromatic rings. The Kier molecular flexibility index (Phi) is 43.3. The Balaban J connectivity index is -0.000000247. The quantitative estimate of drug-likeness (QED) is 0.120. The van der Waals surface area contributed by atoms with Gasteiger partial charge in [0.2, 0.25) is 22.1 Å². The van der Waals surface area contributed by atoms with E-state index in [-0.39, 0.29) is 11.5 Å². The van der Waals surface area contributed by atoms with Crippen molar-refractivity contribution in [2.45, 2.75) is 48.0 Å². The summed E-state index contributed by atoms with van der Waals surface area (Å²) in [6, 6.07) is 34.8. The van der Waals surface area contributed by atoms with Crippen LogP contribution in [0.15, 0.2) is 109 Å². The minimum atomic E-state index is -2.76. The van der Waals surface area contributed by atoms with Crippen LogP contribution in [-0.4, -0.2) is 124 Å². The summed E-state index contributed by atoms with van der Waals surface area (Å²) in [6.45, 7) is 34.0. The number of hydrogen-bond donors (Lipinski definition) is 2. The van der Waals surface area contributed by atoms with E-state index in [0.29, 0.717) is 11.5 Å². The summed E-state index contributed by atoms with van der Waals surface area (Å²) in [5.41, 5.74) is 2.74. The lowest BCUT2D eigenvalue weighted by atomic mass is 10.1. The maximum absolute atomic E-state index is 11.8. The standard InChI is InChI=1S/C13H12.C12H22O6P3.C8H11O2P.C3H10O2P.2C3H9O2P.3C2H6/c1-3-7-12(8-4-1)11-13-9-5-2-6-10-13;1-19(2,13)16-10-7-11(17-20(3,4)14)9-12(8-10)18-21(5,6)15;1-11(2,9)10-8-6-4-3-5-7-8;3*1-5-6(2,3)4;3*1-2/h1-10H,11H2;7-9,13H,1-6H3;3-7H,1-2H3;4H,1-3H3;2*1-3H3;3*1-2H3/q;+1;;+1;;;;;. The van der Waals surface area contributed by atoms with Crippen LogP contribution in [0.4, 0.5) is 0 Å². The molecule has 0 aromatic heterocycles. The minimum Gasteiger partial charge on any atom is -0.443 e. The zero-order valence-corrected chi connectivity index (χ0v) is 52.3. The van der Waals surface area contributed by atoms with Crippen molar-refractivity contribution in [3.63, 3.8) is 0 Å². The van der Waals surface area contributed by atoms with Gasteiger partial charge in [-0.3, -0.25) is 22.8 Å². The van der Waals surface area contributed by atoms with E-state index in [1.807, 2.05) is 59.7 Å². The van der Waals surface area contributed by atoms with Gasteiger partial charge >= 0.3 is 7.72 Å². The smallest absolute Gasteiger partial charge is 0.310 e. The summed E-state index contributed by atoms with van der Waals surface area (Å²) >= 11 is 0. The lowest BCUT2D eigenvalue weighted by Crippen LogP contribution is -1.98. The van der Waals surface area contributed by atoms with Gasteiger partial charge in [0, 0.05) is 99.1 Å². The molecule has 0 amide bonds. The second-order valence-corrected chi connectivity index (χ2v) is 35.4. The molecule has 0 radical (unpaired) electrons. The normalized spacial score (nSPS) is 10.9. The van der Waals surface area contributed by atoms with Gasteiger partial charge in [0.15, 0.2) is 20.5 Å². The first kappa shape index (κ1) is 75.8. The van der Waals surface area contributed by atoms with E-state index in [9.17, 15) is 27.7 Å². The molecule has 2 N–H and O–H groups in total. The number of benzene rings is 4. The number of rotatable bonds is 13. The highest BCUT2D eigenvalue weighted by molar-refractivity contribution is 7.64. The fraction of sp³-hybridized carbons (Fsp3) is 0.500. The molecule has 4 rings (SSSR count). The van der Waals surface area contributed by atoms with E-state index in [1.54, 1.807) is 78.8 Å². The molecule has 0 saturated carbocycles. The molecule has 21 heteroatoms. The van der Waals surface area contributed by atoms with Crippen molar-refractivity contribution in [2.75, 3.05) is 115 Å². The lowest BCUT2D eigenvalue weighted by molar-refractivity contribution is 0.377. The Bertz CT molecular complexity index is 1980. The predicted octanol–water partition coefficient (Wildman–Crippen LogP) is 16.0. The van der Waals surface area contributed by atoms with Crippen molar-refractivity contribution >= 4 is 52.3 Å². The highest BCUT2D eigenvalue weighted by atomic mass is 31.2. The van der Waals surface area contributed by atoms with Crippen LogP contribution in [0.3, 0.4) is 0 Å². The molecule has 0 spiro atoms. The van der Waals surface area contributed by atoms with Crippen molar-refractivity contribution in [3.8, 4) is 23.0 Å². The Morgan fingerprint density at radius 3 is 0.841 bits per heavy atom. The molecule has 0 bridgehead atoms. The van der Waals surface area contributed by atoms with Gasteiger partial charge < -0.3 is 27.1 Å². The number of para-hydroxylation sites is 1. The van der Waals surface area contributed by atoms with Crippen molar-refractivity contribution in [3.05, 3.63) is 120 Å². The molecule has 0 aliphatic carbocycles. The molecule has 0 atom stereocenters. The third-order valence-electron chi connectivity index (χ3n) is 6.32. The molecule has 400 valence electrons. The third-order valence-corrected chi connectivity index (χ3v) is 11.6. The zero-order chi connectivity index (χ0) is 55.3. The molecule has 0 heterocycles. The van der Waals surface area contributed by atoms with Crippen LogP contribution >= 0.6 is 52.3 Å². The maximum Gasteiger partial charge on any atom is 0.310 e. The first-order valence-electron chi connectivity index (χ1n) is 22.1. The van der Waals surface area contributed by atoms with E-state index >= 15 is 0 Å². The Hall–Kier alpha value is -2.11. The maximum atomic E-state index is 11.8. The van der Waals surface area contributed by atoms with E-state index in [1.165, 1.54) is 77.3 Å². The van der Waals surface area contributed by atoms with Crippen LogP contribution in [0.2, 0.25) is 0 Å². The largest absolute Gasteiger partial charge is 0.443 e. The monoisotopic (exact) mass is 1110 g/mol. The van der Waals surface area contributed by atoms with Crippen molar-refractivity contribution in [1.29, 1.82) is 0 Å². The van der Waals surface area contributed by atoms with Crippen molar-refractivity contribution < 1.29 is 64.3 Å². The molecule has 0 saturated heterocycles. The zero-order valence-electron chi connectivity index (χ0n) is 46.0. The average Bonchev–Trinajstić information content (AvgIpc) is 3.22. The molecule has 69 heavy (non-hydrogen) atoms. The van der Waals surface area contributed by atoms with Gasteiger partial charge in [-0.2, -0.15) is 0 Å². The third kappa shape index (κ3) is 60.1. The second-order valence-electron chi connectivity index (χ2n) is 15.9. The molecular formula is C48H91O14P7+2. The Morgan fingerprint density at radius 1 is 0.391 bits per heavy atom. The summed E-state index contributed by atoms with van der Waals surface area (Å²) in [7, 11) is -12.2. The van der Waals surface area contributed by atoms with Crippen LogP contribution in [0.25, 0.3) is 0 Å². The molecule has 14 nitrogen and oxygen atoms in total. The van der Waals surface area contributed by atoms with Crippen LogP contribution in [0.1, 0.15) is 52.7 Å².